The summed E-state index contributed by atoms with van der Waals surface area (Å²) in [6.45, 7) is 0. The largest absolute Gasteiger partial charge is 0.344 e. The highest BCUT2D eigenvalue weighted by Crippen LogP contribution is 2.37. The molecule has 1 heterocycles. The first kappa shape index (κ1) is 17.2. The maximum atomic E-state index is 12.6. The third kappa shape index (κ3) is 3.87. The van der Waals surface area contributed by atoms with Crippen LogP contribution in [-0.4, -0.2) is 20.6 Å². The first-order chi connectivity index (χ1) is 11.4. The molecule has 128 valence electrons. The summed E-state index contributed by atoms with van der Waals surface area (Å²) in [7, 11) is -3.25. The van der Waals surface area contributed by atoms with Gasteiger partial charge in [-0.1, -0.05) is 18.9 Å². The van der Waals surface area contributed by atoms with Gasteiger partial charge in [-0.15, -0.1) is 11.3 Å². The van der Waals surface area contributed by atoms with Gasteiger partial charge in [0.1, 0.15) is 0 Å². The van der Waals surface area contributed by atoms with Crippen molar-refractivity contribution in [2.24, 2.45) is 5.92 Å². The van der Waals surface area contributed by atoms with E-state index >= 15 is 0 Å². The summed E-state index contributed by atoms with van der Waals surface area (Å²) in [4.78, 5) is 14.0. The number of rotatable bonds is 5. The van der Waals surface area contributed by atoms with Gasteiger partial charge in [-0.3, -0.25) is 4.79 Å². The molecular weight excluding hydrogens is 342 g/mol. The second kappa shape index (κ2) is 7.07. The van der Waals surface area contributed by atoms with Gasteiger partial charge in [-0.25, -0.2) is 8.42 Å². The second-order valence-electron chi connectivity index (χ2n) is 6.31. The summed E-state index contributed by atoms with van der Waals surface area (Å²) in [5.41, 5.74) is 0.488. The van der Waals surface area contributed by atoms with E-state index < -0.39 is 9.84 Å². The predicted molar refractivity (Wildman–Crippen MR) is 96.0 cm³/mol. The van der Waals surface area contributed by atoms with Crippen molar-refractivity contribution in [1.82, 2.24) is 5.32 Å². The molecule has 0 saturated heterocycles. The van der Waals surface area contributed by atoms with E-state index in [1.807, 2.05) is 11.4 Å². The number of hydrogen-bond donors (Lipinski definition) is 1. The first-order valence-corrected chi connectivity index (χ1v) is 10.9. The minimum atomic E-state index is -3.25. The Labute approximate surface area is 146 Å². The third-order valence-corrected chi connectivity index (χ3v) is 6.64. The molecule has 6 heteroatoms. The molecule has 2 aromatic rings. The topological polar surface area (TPSA) is 63.2 Å². The van der Waals surface area contributed by atoms with Crippen LogP contribution in [0.2, 0.25) is 0 Å². The Morgan fingerprint density at radius 3 is 2.38 bits per heavy atom. The SMILES string of the molecule is CS(=O)(=O)c1ccc(C(=O)NC(c2cccs2)C2CCCC2)cc1. The van der Waals surface area contributed by atoms with Crippen LogP contribution in [0.5, 0.6) is 0 Å². The normalized spacial score (nSPS) is 16.9. The van der Waals surface area contributed by atoms with E-state index in [1.54, 1.807) is 23.5 Å². The van der Waals surface area contributed by atoms with Gasteiger partial charge in [0.2, 0.25) is 0 Å². The predicted octanol–water partition coefficient (Wildman–Crippen LogP) is 3.81. The number of hydrogen-bond acceptors (Lipinski definition) is 4. The number of benzene rings is 1. The minimum Gasteiger partial charge on any atom is -0.344 e. The first-order valence-electron chi connectivity index (χ1n) is 8.09. The van der Waals surface area contributed by atoms with Crippen molar-refractivity contribution in [3.63, 3.8) is 0 Å². The zero-order valence-corrected chi connectivity index (χ0v) is 15.2. The van der Waals surface area contributed by atoms with Gasteiger partial charge in [0.25, 0.3) is 5.91 Å². The highest BCUT2D eigenvalue weighted by Gasteiger charge is 2.28. The number of carbonyl (C=O) groups is 1. The Morgan fingerprint density at radius 2 is 1.83 bits per heavy atom. The molecule has 0 spiro atoms. The number of amides is 1. The minimum absolute atomic E-state index is 0.0367. The third-order valence-electron chi connectivity index (χ3n) is 4.55. The molecule has 3 rings (SSSR count). The van der Waals surface area contributed by atoms with Crippen molar-refractivity contribution in [2.75, 3.05) is 6.26 Å². The van der Waals surface area contributed by atoms with Gasteiger partial charge >= 0.3 is 0 Å². The summed E-state index contributed by atoms with van der Waals surface area (Å²) in [5.74, 6) is 0.322. The lowest BCUT2D eigenvalue weighted by molar-refractivity contribution is 0.0922. The van der Waals surface area contributed by atoms with Gasteiger partial charge in [0.05, 0.1) is 10.9 Å². The molecule has 1 aliphatic carbocycles. The monoisotopic (exact) mass is 363 g/mol. The Morgan fingerprint density at radius 1 is 1.17 bits per heavy atom. The fourth-order valence-electron chi connectivity index (χ4n) is 3.26. The van der Waals surface area contributed by atoms with Crippen molar-refractivity contribution in [2.45, 2.75) is 36.6 Å². The Hall–Kier alpha value is -1.66. The smallest absolute Gasteiger partial charge is 0.251 e. The summed E-state index contributed by atoms with van der Waals surface area (Å²) < 4.78 is 23.0. The molecule has 1 fully saturated rings. The van der Waals surface area contributed by atoms with Crippen LogP contribution in [0.3, 0.4) is 0 Å². The number of thiophene rings is 1. The molecule has 1 amide bonds. The molecule has 4 nitrogen and oxygen atoms in total. The van der Waals surface area contributed by atoms with Crippen molar-refractivity contribution in [3.05, 3.63) is 52.2 Å². The van der Waals surface area contributed by atoms with Crippen LogP contribution in [-0.2, 0) is 9.84 Å². The molecule has 24 heavy (non-hydrogen) atoms. The summed E-state index contributed by atoms with van der Waals surface area (Å²) in [6, 6.07) is 10.2. The number of sulfone groups is 1. The van der Waals surface area contributed by atoms with Crippen LogP contribution in [0.25, 0.3) is 0 Å². The molecule has 1 aromatic heterocycles. The van der Waals surface area contributed by atoms with E-state index in [0.717, 1.165) is 19.1 Å². The van der Waals surface area contributed by atoms with E-state index in [4.69, 9.17) is 0 Å². The lowest BCUT2D eigenvalue weighted by atomic mass is 9.96. The van der Waals surface area contributed by atoms with Crippen LogP contribution in [0.15, 0.2) is 46.7 Å². The van der Waals surface area contributed by atoms with E-state index in [0.29, 0.717) is 11.5 Å². The quantitative estimate of drug-likeness (QED) is 0.878. The Bertz CT molecular complexity index is 789. The summed E-state index contributed by atoms with van der Waals surface area (Å²) >= 11 is 1.67. The highest BCUT2D eigenvalue weighted by atomic mass is 32.2. The van der Waals surface area contributed by atoms with Crippen LogP contribution in [0.4, 0.5) is 0 Å². The van der Waals surface area contributed by atoms with Gasteiger partial charge < -0.3 is 5.32 Å². The van der Waals surface area contributed by atoms with Crippen LogP contribution in [0.1, 0.15) is 47.0 Å². The lowest BCUT2D eigenvalue weighted by Gasteiger charge is -2.24. The standard InChI is InChI=1S/C18H21NO3S2/c1-24(21,22)15-10-8-14(9-11-15)18(20)19-17(13-5-2-3-6-13)16-7-4-12-23-16/h4,7-13,17H,2-3,5-6H2,1H3,(H,19,20). The van der Waals surface area contributed by atoms with Crippen molar-refractivity contribution in [3.8, 4) is 0 Å². The lowest BCUT2D eigenvalue weighted by Crippen LogP contribution is -2.32. The van der Waals surface area contributed by atoms with Crippen molar-refractivity contribution >= 4 is 27.1 Å². The maximum Gasteiger partial charge on any atom is 0.251 e. The van der Waals surface area contributed by atoms with Crippen LogP contribution in [0, 0.1) is 5.92 Å². The van der Waals surface area contributed by atoms with E-state index in [1.165, 1.54) is 29.9 Å². The van der Waals surface area contributed by atoms with Gasteiger partial charge in [0, 0.05) is 16.7 Å². The maximum absolute atomic E-state index is 12.6. The molecule has 0 aliphatic heterocycles. The van der Waals surface area contributed by atoms with E-state index in [9.17, 15) is 13.2 Å². The molecule has 0 bridgehead atoms. The molecule has 1 aromatic carbocycles. The molecule has 0 radical (unpaired) electrons. The zero-order chi connectivity index (χ0) is 17.2. The fourth-order valence-corrected chi connectivity index (χ4v) is 4.76. The Kier molecular flexibility index (Phi) is 5.06. The summed E-state index contributed by atoms with van der Waals surface area (Å²) in [6.07, 6.45) is 5.86. The molecule has 1 aliphatic rings. The van der Waals surface area contributed by atoms with Gasteiger partial charge in [-0.2, -0.15) is 0 Å². The molecule has 1 N–H and O–H groups in total. The zero-order valence-electron chi connectivity index (χ0n) is 13.6. The van der Waals surface area contributed by atoms with Crippen molar-refractivity contribution in [1.29, 1.82) is 0 Å². The molecule has 1 unspecified atom stereocenters. The highest BCUT2D eigenvalue weighted by molar-refractivity contribution is 7.90. The average Bonchev–Trinajstić information content (AvgIpc) is 3.25. The summed E-state index contributed by atoms with van der Waals surface area (Å²) in [5, 5.41) is 5.19. The molecular formula is C18H21NO3S2. The van der Waals surface area contributed by atoms with Crippen LogP contribution >= 0.6 is 11.3 Å². The van der Waals surface area contributed by atoms with Crippen LogP contribution < -0.4 is 5.32 Å². The van der Waals surface area contributed by atoms with E-state index in [-0.39, 0.29) is 16.8 Å². The second-order valence-corrected chi connectivity index (χ2v) is 9.30. The van der Waals surface area contributed by atoms with Gasteiger partial charge in [0.15, 0.2) is 9.84 Å². The molecule has 1 saturated carbocycles. The average molecular weight is 364 g/mol. The fraction of sp³-hybridized carbons (Fsp3) is 0.389. The van der Waals surface area contributed by atoms with Gasteiger partial charge in [-0.05, 0) is 54.5 Å². The number of carbonyl (C=O) groups excluding carboxylic acids is 1. The Balaban J connectivity index is 1.78. The van der Waals surface area contributed by atoms with Crippen molar-refractivity contribution < 1.29 is 13.2 Å². The van der Waals surface area contributed by atoms with E-state index in [2.05, 4.69) is 11.4 Å². The number of nitrogens with one attached hydrogen (secondary N) is 1. The molecule has 1 atom stereocenters.